The fourth-order valence-corrected chi connectivity index (χ4v) is 2.17. The van der Waals surface area contributed by atoms with Crippen molar-refractivity contribution in [2.75, 3.05) is 7.05 Å². The SMILES string of the molecule is C=CC1(c2ccc(C(C)C)cc2C#N)CC1.CN. The van der Waals surface area contributed by atoms with E-state index in [-0.39, 0.29) is 5.41 Å². The molecule has 0 unspecified atom stereocenters. The van der Waals surface area contributed by atoms with Crippen LogP contribution in [0.25, 0.3) is 0 Å². The molecule has 18 heavy (non-hydrogen) atoms. The minimum Gasteiger partial charge on any atom is -0.333 e. The largest absolute Gasteiger partial charge is 0.333 e. The third kappa shape index (κ3) is 2.63. The van der Waals surface area contributed by atoms with Gasteiger partial charge in [0.1, 0.15) is 0 Å². The van der Waals surface area contributed by atoms with Crippen molar-refractivity contribution in [3.8, 4) is 6.07 Å². The van der Waals surface area contributed by atoms with Crippen molar-refractivity contribution in [1.82, 2.24) is 0 Å². The molecule has 1 aliphatic carbocycles. The molecule has 0 bridgehead atoms. The molecule has 0 saturated heterocycles. The Morgan fingerprint density at radius 1 is 1.39 bits per heavy atom. The molecule has 2 nitrogen and oxygen atoms in total. The predicted molar refractivity (Wildman–Crippen MR) is 76.5 cm³/mol. The minimum absolute atomic E-state index is 0.0978. The van der Waals surface area contributed by atoms with Gasteiger partial charge in [0, 0.05) is 5.41 Å². The van der Waals surface area contributed by atoms with Crippen molar-refractivity contribution in [1.29, 1.82) is 5.26 Å². The van der Waals surface area contributed by atoms with Gasteiger partial charge in [0.2, 0.25) is 0 Å². The fourth-order valence-electron chi connectivity index (χ4n) is 2.17. The summed E-state index contributed by atoms with van der Waals surface area (Å²) in [4.78, 5) is 0. The van der Waals surface area contributed by atoms with Gasteiger partial charge in [0.05, 0.1) is 11.6 Å². The van der Waals surface area contributed by atoms with Crippen molar-refractivity contribution >= 4 is 0 Å². The first-order valence-electron chi connectivity index (χ1n) is 6.39. The molecular weight excluding hydrogens is 220 g/mol. The lowest BCUT2D eigenvalue weighted by Crippen LogP contribution is -2.05. The number of benzene rings is 1. The summed E-state index contributed by atoms with van der Waals surface area (Å²) in [6.45, 7) is 8.19. The van der Waals surface area contributed by atoms with Gasteiger partial charge in [-0.1, -0.05) is 32.1 Å². The normalized spacial score (nSPS) is 15.3. The summed E-state index contributed by atoms with van der Waals surface area (Å²) in [6, 6.07) is 8.61. The molecule has 2 rings (SSSR count). The second kappa shape index (κ2) is 5.84. The van der Waals surface area contributed by atoms with E-state index < -0.39 is 0 Å². The molecule has 0 atom stereocenters. The van der Waals surface area contributed by atoms with E-state index in [0.717, 1.165) is 24.0 Å². The molecule has 2 N–H and O–H groups in total. The van der Waals surface area contributed by atoms with Crippen LogP contribution in [-0.4, -0.2) is 7.05 Å². The van der Waals surface area contributed by atoms with Gasteiger partial charge < -0.3 is 5.73 Å². The van der Waals surface area contributed by atoms with Gasteiger partial charge in [-0.25, -0.2) is 0 Å². The molecule has 1 aromatic carbocycles. The first kappa shape index (κ1) is 14.5. The number of nitrogens with zero attached hydrogens (tertiary/aromatic N) is 1. The quantitative estimate of drug-likeness (QED) is 0.825. The van der Waals surface area contributed by atoms with Crippen molar-refractivity contribution < 1.29 is 0 Å². The van der Waals surface area contributed by atoms with Crippen LogP contribution < -0.4 is 5.73 Å². The number of hydrogen-bond acceptors (Lipinski definition) is 2. The number of rotatable bonds is 3. The average molecular weight is 242 g/mol. The maximum absolute atomic E-state index is 9.23. The van der Waals surface area contributed by atoms with Crippen molar-refractivity contribution in [3.05, 3.63) is 47.5 Å². The molecule has 0 heterocycles. The molecule has 0 amide bonds. The van der Waals surface area contributed by atoms with Crippen molar-refractivity contribution in [2.45, 2.75) is 38.0 Å². The third-order valence-corrected chi connectivity index (χ3v) is 3.55. The van der Waals surface area contributed by atoms with E-state index in [0.29, 0.717) is 5.92 Å². The molecule has 96 valence electrons. The first-order valence-corrected chi connectivity index (χ1v) is 6.39. The molecule has 1 saturated carbocycles. The number of hydrogen-bond donors (Lipinski definition) is 1. The maximum atomic E-state index is 9.23. The second-order valence-electron chi connectivity index (χ2n) is 4.93. The lowest BCUT2D eigenvalue weighted by atomic mass is 9.89. The zero-order chi connectivity index (χ0) is 13.8. The van der Waals surface area contributed by atoms with Crippen molar-refractivity contribution in [2.24, 2.45) is 5.73 Å². The first-order chi connectivity index (χ1) is 8.63. The van der Waals surface area contributed by atoms with E-state index in [1.165, 1.54) is 12.6 Å². The Kier molecular flexibility index (Phi) is 4.69. The summed E-state index contributed by atoms with van der Waals surface area (Å²) < 4.78 is 0. The average Bonchev–Trinajstić information content (AvgIpc) is 3.21. The van der Waals surface area contributed by atoms with Crippen LogP contribution in [0.1, 0.15) is 49.3 Å². The Morgan fingerprint density at radius 2 is 2.00 bits per heavy atom. The Bertz CT molecular complexity index is 462. The van der Waals surface area contributed by atoms with E-state index in [1.807, 2.05) is 12.1 Å². The highest BCUT2D eigenvalue weighted by atomic mass is 14.5. The van der Waals surface area contributed by atoms with E-state index >= 15 is 0 Å². The van der Waals surface area contributed by atoms with Crippen LogP contribution in [0, 0.1) is 11.3 Å². The zero-order valence-corrected chi connectivity index (χ0v) is 11.5. The smallest absolute Gasteiger partial charge is 0.0994 e. The Hall–Kier alpha value is -1.59. The van der Waals surface area contributed by atoms with Crippen LogP contribution >= 0.6 is 0 Å². The maximum Gasteiger partial charge on any atom is 0.0994 e. The second-order valence-corrected chi connectivity index (χ2v) is 4.93. The van der Waals surface area contributed by atoms with Gasteiger partial charge in [0.15, 0.2) is 0 Å². The lowest BCUT2D eigenvalue weighted by molar-refractivity contribution is 0.850. The summed E-state index contributed by atoms with van der Waals surface area (Å²) in [5, 5.41) is 9.23. The van der Waals surface area contributed by atoms with Gasteiger partial charge in [-0.05, 0) is 43.0 Å². The van der Waals surface area contributed by atoms with Crippen LogP contribution in [0.3, 0.4) is 0 Å². The molecule has 0 aromatic heterocycles. The molecule has 1 aliphatic rings. The summed E-state index contributed by atoms with van der Waals surface area (Å²) in [5.74, 6) is 0.472. The summed E-state index contributed by atoms with van der Waals surface area (Å²) in [7, 11) is 1.50. The monoisotopic (exact) mass is 242 g/mol. The highest BCUT2D eigenvalue weighted by Gasteiger charge is 2.42. The van der Waals surface area contributed by atoms with Gasteiger partial charge in [-0.2, -0.15) is 5.26 Å². The van der Waals surface area contributed by atoms with Crippen molar-refractivity contribution in [3.63, 3.8) is 0 Å². The fraction of sp³-hybridized carbons (Fsp3) is 0.438. The molecule has 2 heteroatoms. The Labute approximate surface area is 110 Å². The molecule has 0 spiro atoms. The lowest BCUT2D eigenvalue weighted by Gasteiger charge is -2.14. The van der Waals surface area contributed by atoms with Gasteiger partial charge in [0.25, 0.3) is 0 Å². The highest BCUT2D eigenvalue weighted by Crippen LogP contribution is 2.50. The standard InChI is InChI=1S/C15H17N.CH5N/c1-4-15(7-8-15)14-6-5-12(11(2)3)9-13(14)10-16;1-2/h4-6,9,11H,1,7-8H2,2-3H3;2H2,1H3. The summed E-state index contributed by atoms with van der Waals surface area (Å²) >= 11 is 0. The van der Waals surface area contributed by atoms with Crippen LogP contribution in [0.2, 0.25) is 0 Å². The minimum atomic E-state index is 0.0978. The highest BCUT2D eigenvalue weighted by molar-refractivity contribution is 5.50. The van der Waals surface area contributed by atoms with Gasteiger partial charge >= 0.3 is 0 Å². The number of nitrogens with two attached hydrogens (primary N) is 1. The number of allylic oxidation sites excluding steroid dienone is 1. The van der Waals surface area contributed by atoms with E-state index in [9.17, 15) is 5.26 Å². The Morgan fingerprint density at radius 3 is 2.39 bits per heavy atom. The summed E-state index contributed by atoms with van der Waals surface area (Å²) in [5.41, 5.74) is 7.82. The predicted octanol–water partition coefficient (Wildman–Crippen LogP) is 3.47. The van der Waals surface area contributed by atoms with E-state index in [1.54, 1.807) is 0 Å². The van der Waals surface area contributed by atoms with E-state index in [2.05, 4.69) is 44.4 Å². The summed E-state index contributed by atoms with van der Waals surface area (Å²) in [6.07, 6.45) is 4.26. The van der Waals surface area contributed by atoms with Gasteiger partial charge in [-0.15, -0.1) is 6.58 Å². The van der Waals surface area contributed by atoms with Crippen LogP contribution in [0.4, 0.5) is 0 Å². The topological polar surface area (TPSA) is 49.8 Å². The molecule has 0 radical (unpaired) electrons. The third-order valence-electron chi connectivity index (χ3n) is 3.55. The van der Waals surface area contributed by atoms with Crippen LogP contribution in [-0.2, 0) is 5.41 Å². The number of nitriles is 1. The zero-order valence-electron chi connectivity index (χ0n) is 11.5. The Balaban J connectivity index is 0.000000771. The molecule has 1 fully saturated rings. The van der Waals surface area contributed by atoms with E-state index in [4.69, 9.17) is 0 Å². The molecular formula is C16H22N2. The van der Waals surface area contributed by atoms with Crippen LogP contribution in [0.15, 0.2) is 30.9 Å². The molecule has 0 aliphatic heterocycles. The van der Waals surface area contributed by atoms with Crippen LogP contribution in [0.5, 0.6) is 0 Å². The van der Waals surface area contributed by atoms with Gasteiger partial charge in [-0.3, -0.25) is 0 Å². The molecule has 1 aromatic rings.